The third-order valence-corrected chi connectivity index (χ3v) is 3.86. The summed E-state index contributed by atoms with van der Waals surface area (Å²) >= 11 is 1.45. The first kappa shape index (κ1) is 9.72. The third kappa shape index (κ3) is 1.31. The molecule has 0 aliphatic carbocycles. The van der Waals surface area contributed by atoms with Crippen molar-refractivity contribution in [1.29, 1.82) is 0 Å². The molecule has 0 bridgehead atoms. The summed E-state index contributed by atoms with van der Waals surface area (Å²) in [6.45, 7) is 0.609. The Labute approximate surface area is 96.6 Å². The molecule has 2 aliphatic heterocycles. The van der Waals surface area contributed by atoms with Crippen LogP contribution >= 0.6 is 11.8 Å². The largest absolute Gasteiger partial charge is 0.424 e. The molecule has 3 rings (SSSR count). The second kappa shape index (κ2) is 3.52. The number of hydrogen-bond donors (Lipinski definition) is 0. The predicted molar refractivity (Wildman–Crippen MR) is 59.4 cm³/mol. The number of carbonyl (C=O) groups is 2. The van der Waals surface area contributed by atoms with Crippen LogP contribution in [0.25, 0.3) is 0 Å². The van der Waals surface area contributed by atoms with Gasteiger partial charge in [0.2, 0.25) is 0 Å². The number of hydrogen-bond acceptors (Lipinski definition) is 4. The van der Waals surface area contributed by atoms with Crippen LogP contribution in [0.3, 0.4) is 0 Å². The van der Waals surface area contributed by atoms with E-state index < -0.39 is 5.37 Å². The van der Waals surface area contributed by atoms with E-state index in [1.807, 2.05) is 0 Å². The van der Waals surface area contributed by atoms with Gasteiger partial charge in [0.25, 0.3) is 5.91 Å². The summed E-state index contributed by atoms with van der Waals surface area (Å²) in [5.41, 5.74) is 0.473. The minimum atomic E-state index is -0.472. The molecule has 2 heterocycles. The van der Waals surface area contributed by atoms with Gasteiger partial charge >= 0.3 is 5.97 Å². The fraction of sp³-hybridized carbons (Fsp3) is 0.273. The summed E-state index contributed by atoms with van der Waals surface area (Å²) < 4.78 is 5.22. The molecule has 0 saturated carbocycles. The van der Waals surface area contributed by atoms with Crippen molar-refractivity contribution in [3.05, 3.63) is 29.8 Å². The van der Waals surface area contributed by atoms with Crippen LogP contribution in [-0.2, 0) is 4.79 Å². The van der Waals surface area contributed by atoms with Crippen LogP contribution in [0.1, 0.15) is 10.4 Å². The number of carbonyl (C=O) groups excluding carboxylic acids is 2. The van der Waals surface area contributed by atoms with Gasteiger partial charge in [0.1, 0.15) is 5.75 Å². The Kier molecular flexibility index (Phi) is 2.14. The van der Waals surface area contributed by atoms with Gasteiger partial charge in [0.15, 0.2) is 5.37 Å². The lowest BCUT2D eigenvalue weighted by Crippen LogP contribution is -2.38. The lowest BCUT2D eigenvalue weighted by atomic mass is 10.2. The van der Waals surface area contributed by atoms with Crippen molar-refractivity contribution in [2.75, 3.05) is 12.3 Å². The average molecular weight is 235 g/mol. The highest BCUT2D eigenvalue weighted by Crippen LogP contribution is 2.32. The van der Waals surface area contributed by atoms with Gasteiger partial charge in [-0.25, -0.2) is 4.79 Å². The van der Waals surface area contributed by atoms with Gasteiger partial charge in [-0.2, -0.15) is 0 Å². The molecule has 0 radical (unpaired) electrons. The molecular weight excluding hydrogens is 226 g/mol. The standard InChI is InChI=1S/C11H9NO3S/c13-9-7-3-1-2-4-8(7)15-11(14)10-12(9)5-6-16-10/h1-4,10H,5-6H2. The number of amides is 1. The minimum absolute atomic E-state index is 0.114. The van der Waals surface area contributed by atoms with Gasteiger partial charge in [-0.05, 0) is 12.1 Å². The highest BCUT2D eigenvalue weighted by Gasteiger charge is 2.40. The first-order valence-corrected chi connectivity index (χ1v) is 6.05. The Hall–Kier alpha value is -1.49. The smallest absolute Gasteiger partial charge is 0.344 e. The van der Waals surface area contributed by atoms with Crippen molar-refractivity contribution in [2.24, 2.45) is 0 Å². The minimum Gasteiger partial charge on any atom is -0.424 e. The summed E-state index contributed by atoms with van der Waals surface area (Å²) in [6, 6.07) is 6.87. The first-order valence-electron chi connectivity index (χ1n) is 5.00. The molecule has 1 aromatic rings. The number of rotatable bonds is 0. The van der Waals surface area contributed by atoms with E-state index in [9.17, 15) is 9.59 Å². The van der Waals surface area contributed by atoms with Gasteiger partial charge in [0, 0.05) is 12.3 Å². The van der Waals surface area contributed by atoms with Crippen LogP contribution in [0, 0.1) is 0 Å². The first-order chi connectivity index (χ1) is 7.77. The van der Waals surface area contributed by atoms with Crippen LogP contribution < -0.4 is 4.74 Å². The monoisotopic (exact) mass is 235 g/mol. The van der Waals surface area contributed by atoms with Crippen molar-refractivity contribution in [3.63, 3.8) is 0 Å². The molecule has 1 atom stereocenters. The average Bonchev–Trinajstić information content (AvgIpc) is 2.74. The fourth-order valence-corrected chi connectivity index (χ4v) is 3.01. The number of thioether (sulfide) groups is 1. The van der Waals surface area contributed by atoms with E-state index in [1.165, 1.54) is 11.8 Å². The molecule has 0 N–H and O–H groups in total. The zero-order valence-corrected chi connectivity index (χ0v) is 9.20. The van der Waals surface area contributed by atoms with E-state index in [1.54, 1.807) is 29.2 Å². The normalized spacial score (nSPS) is 23.5. The molecule has 1 saturated heterocycles. The van der Waals surface area contributed by atoms with Crippen LogP contribution in [0.2, 0.25) is 0 Å². The second-order valence-electron chi connectivity index (χ2n) is 3.64. The lowest BCUT2D eigenvalue weighted by Gasteiger charge is -2.17. The lowest BCUT2D eigenvalue weighted by molar-refractivity contribution is -0.135. The summed E-state index contributed by atoms with van der Waals surface area (Å²) in [6.07, 6.45) is 0. The van der Waals surface area contributed by atoms with E-state index >= 15 is 0 Å². The molecule has 0 aromatic heterocycles. The SMILES string of the molecule is O=C1Oc2ccccc2C(=O)N2CCSC12. The van der Waals surface area contributed by atoms with Gasteiger partial charge in [0.05, 0.1) is 5.56 Å². The predicted octanol–water partition coefficient (Wildman–Crippen LogP) is 1.12. The van der Waals surface area contributed by atoms with E-state index in [0.29, 0.717) is 17.9 Å². The molecule has 1 amide bonds. The molecule has 16 heavy (non-hydrogen) atoms. The van der Waals surface area contributed by atoms with Crippen molar-refractivity contribution >= 4 is 23.6 Å². The Balaban J connectivity index is 2.11. The number of benzene rings is 1. The number of ether oxygens (including phenoxy) is 1. The van der Waals surface area contributed by atoms with Crippen molar-refractivity contribution in [3.8, 4) is 5.75 Å². The van der Waals surface area contributed by atoms with E-state index in [4.69, 9.17) is 4.74 Å². The van der Waals surface area contributed by atoms with E-state index in [2.05, 4.69) is 0 Å². The summed E-state index contributed by atoms with van der Waals surface area (Å²) in [4.78, 5) is 25.5. The van der Waals surface area contributed by atoms with Gasteiger partial charge < -0.3 is 9.64 Å². The van der Waals surface area contributed by atoms with Gasteiger partial charge in [-0.1, -0.05) is 12.1 Å². The maximum absolute atomic E-state index is 12.1. The Morgan fingerprint density at radius 3 is 3.00 bits per heavy atom. The van der Waals surface area contributed by atoms with Gasteiger partial charge in [-0.3, -0.25) is 4.79 Å². The molecule has 4 nitrogen and oxygen atoms in total. The van der Waals surface area contributed by atoms with E-state index in [0.717, 1.165) is 5.75 Å². The molecule has 0 spiro atoms. The van der Waals surface area contributed by atoms with Crippen molar-refractivity contribution in [1.82, 2.24) is 4.90 Å². The van der Waals surface area contributed by atoms with Crippen LogP contribution in [0.15, 0.2) is 24.3 Å². The molecule has 2 aliphatic rings. The van der Waals surface area contributed by atoms with E-state index in [-0.39, 0.29) is 11.9 Å². The van der Waals surface area contributed by atoms with Crippen molar-refractivity contribution < 1.29 is 14.3 Å². The summed E-state index contributed by atoms with van der Waals surface area (Å²) in [5.74, 6) is 0.693. The quantitative estimate of drug-likeness (QED) is 0.499. The Morgan fingerprint density at radius 2 is 2.12 bits per heavy atom. The van der Waals surface area contributed by atoms with Crippen LogP contribution in [-0.4, -0.2) is 34.4 Å². The molecular formula is C11H9NO3S. The van der Waals surface area contributed by atoms with Crippen LogP contribution in [0.4, 0.5) is 0 Å². The molecule has 1 fully saturated rings. The zero-order valence-electron chi connectivity index (χ0n) is 8.38. The number of nitrogens with zero attached hydrogens (tertiary/aromatic N) is 1. The second-order valence-corrected chi connectivity index (χ2v) is 4.83. The van der Waals surface area contributed by atoms with Crippen LogP contribution in [0.5, 0.6) is 5.75 Å². The number of fused-ring (bicyclic) bond motifs is 2. The number of esters is 1. The molecule has 5 heteroatoms. The third-order valence-electron chi connectivity index (χ3n) is 2.68. The highest BCUT2D eigenvalue weighted by molar-refractivity contribution is 8.00. The zero-order chi connectivity index (χ0) is 11.1. The molecule has 1 aromatic carbocycles. The maximum Gasteiger partial charge on any atom is 0.344 e. The fourth-order valence-electron chi connectivity index (χ4n) is 1.92. The topological polar surface area (TPSA) is 46.6 Å². The van der Waals surface area contributed by atoms with Crippen molar-refractivity contribution in [2.45, 2.75) is 5.37 Å². The molecule has 1 unspecified atom stereocenters. The Bertz CT molecular complexity index is 474. The molecule has 82 valence electrons. The summed E-state index contributed by atoms with van der Waals surface area (Å²) in [5, 5.41) is -0.472. The highest BCUT2D eigenvalue weighted by atomic mass is 32.2. The summed E-state index contributed by atoms with van der Waals surface area (Å²) in [7, 11) is 0. The Morgan fingerprint density at radius 1 is 1.31 bits per heavy atom. The maximum atomic E-state index is 12.1. The van der Waals surface area contributed by atoms with Gasteiger partial charge in [-0.15, -0.1) is 11.8 Å². The number of para-hydroxylation sites is 1.